The summed E-state index contributed by atoms with van der Waals surface area (Å²) in [6.45, 7) is 6.60. The molecule has 0 heterocycles. The summed E-state index contributed by atoms with van der Waals surface area (Å²) in [7, 11) is -3.19. The van der Waals surface area contributed by atoms with Crippen molar-refractivity contribution in [1.29, 1.82) is 0 Å². The second-order valence-corrected chi connectivity index (χ2v) is 9.94. The standard InChI is InChI=1S/C20H31O3P/c1-16(2)19-12-11-17(3)14-20(19)23-24(22,15-21)13-7-10-18-8-5-4-6-9-18/h4-6,8-9,15-17,19-20H,7,10-14H2,1-3H3/t17-,19+,20-,24+/m1/s1. The number of carbonyl (C=O) groups excluding carboxylic acids is 1. The van der Waals surface area contributed by atoms with E-state index >= 15 is 0 Å². The van der Waals surface area contributed by atoms with Gasteiger partial charge in [-0.25, -0.2) is 0 Å². The van der Waals surface area contributed by atoms with Crippen LogP contribution in [0.1, 0.15) is 52.0 Å². The summed E-state index contributed by atoms with van der Waals surface area (Å²) in [5, 5.41) is 0. The van der Waals surface area contributed by atoms with Crippen LogP contribution in [0.25, 0.3) is 0 Å². The minimum Gasteiger partial charge on any atom is -0.320 e. The molecule has 1 fully saturated rings. The first-order chi connectivity index (χ1) is 11.4. The van der Waals surface area contributed by atoms with Crippen molar-refractivity contribution >= 4 is 13.4 Å². The van der Waals surface area contributed by atoms with E-state index in [0.29, 0.717) is 36.4 Å². The minimum absolute atomic E-state index is 0.0403. The van der Waals surface area contributed by atoms with Gasteiger partial charge in [0.2, 0.25) is 6.03 Å². The van der Waals surface area contributed by atoms with Crippen LogP contribution in [0.3, 0.4) is 0 Å². The lowest BCUT2D eigenvalue weighted by molar-refractivity contribution is 0.0502. The Morgan fingerprint density at radius 2 is 1.96 bits per heavy atom. The summed E-state index contributed by atoms with van der Waals surface area (Å²) in [6.07, 6.45) is 5.07. The van der Waals surface area contributed by atoms with Crippen LogP contribution in [-0.4, -0.2) is 18.3 Å². The van der Waals surface area contributed by atoms with Gasteiger partial charge in [0, 0.05) is 6.16 Å². The van der Waals surface area contributed by atoms with Crippen LogP contribution in [0.2, 0.25) is 0 Å². The Bertz CT molecular complexity index is 555. The van der Waals surface area contributed by atoms with Crippen molar-refractivity contribution in [2.75, 3.05) is 6.16 Å². The number of benzene rings is 1. The van der Waals surface area contributed by atoms with Crippen molar-refractivity contribution in [2.45, 2.75) is 59.0 Å². The highest BCUT2D eigenvalue weighted by Crippen LogP contribution is 2.50. The molecular formula is C20H31O3P. The second kappa shape index (κ2) is 8.97. The third-order valence-corrected chi connectivity index (χ3v) is 7.10. The van der Waals surface area contributed by atoms with Crippen molar-refractivity contribution in [3.05, 3.63) is 35.9 Å². The zero-order valence-electron chi connectivity index (χ0n) is 15.2. The van der Waals surface area contributed by atoms with E-state index in [-0.39, 0.29) is 6.10 Å². The molecule has 4 atom stereocenters. The highest BCUT2D eigenvalue weighted by atomic mass is 31.2. The molecule has 2 rings (SSSR count). The van der Waals surface area contributed by atoms with E-state index in [2.05, 4.69) is 32.9 Å². The molecule has 0 aliphatic heterocycles. The highest BCUT2D eigenvalue weighted by Gasteiger charge is 2.36. The molecule has 1 aromatic rings. The zero-order chi connectivity index (χ0) is 17.6. The minimum atomic E-state index is -3.19. The molecule has 1 aliphatic carbocycles. The molecular weight excluding hydrogens is 319 g/mol. The van der Waals surface area contributed by atoms with Gasteiger partial charge in [0.15, 0.2) is 0 Å². The molecule has 0 bridgehead atoms. The van der Waals surface area contributed by atoms with Crippen LogP contribution in [0.15, 0.2) is 30.3 Å². The Morgan fingerprint density at radius 3 is 2.58 bits per heavy atom. The normalized spacial score (nSPS) is 26.9. The van der Waals surface area contributed by atoms with Crippen LogP contribution in [-0.2, 0) is 20.3 Å². The fraction of sp³-hybridized carbons (Fsp3) is 0.650. The lowest BCUT2D eigenvalue weighted by atomic mass is 9.75. The van der Waals surface area contributed by atoms with E-state index in [0.717, 1.165) is 19.3 Å². The number of hydrogen-bond donors (Lipinski definition) is 0. The van der Waals surface area contributed by atoms with Crippen LogP contribution >= 0.6 is 7.37 Å². The summed E-state index contributed by atoms with van der Waals surface area (Å²) in [5.74, 6) is 1.48. The van der Waals surface area contributed by atoms with Gasteiger partial charge in [0.25, 0.3) is 7.37 Å². The van der Waals surface area contributed by atoms with Crippen molar-refractivity contribution in [3.63, 3.8) is 0 Å². The monoisotopic (exact) mass is 350 g/mol. The van der Waals surface area contributed by atoms with Gasteiger partial charge in [0.05, 0.1) is 6.10 Å². The smallest absolute Gasteiger partial charge is 0.263 e. The van der Waals surface area contributed by atoms with Gasteiger partial charge in [-0.1, -0.05) is 57.5 Å². The van der Waals surface area contributed by atoms with Crippen LogP contribution < -0.4 is 0 Å². The predicted octanol–water partition coefficient (Wildman–Crippen LogP) is 5.56. The Hall–Kier alpha value is -0.920. The average Bonchev–Trinajstić information content (AvgIpc) is 2.55. The molecule has 0 spiro atoms. The van der Waals surface area contributed by atoms with Gasteiger partial charge in [-0.05, 0) is 49.0 Å². The SMILES string of the molecule is CC(C)[C@@H]1CC[C@@H](C)C[C@H]1O[P@](=O)(C=O)CCCc1ccccc1. The lowest BCUT2D eigenvalue weighted by Crippen LogP contribution is -2.34. The van der Waals surface area contributed by atoms with E-state index in [1.807, 2.05) is 18.2 Å². The third-order valence-electron chi connectivity index (χ3n) is 5.21. The van der Waals surface area contributed by atoms with Crippen molar-refractivity contribution in [1.82, 2.24) is 0 Å². The maximum Gasteiger partial charge on any atom is 0.263 e. The van der Waals surface area contributed by atoms with Gasteiger partial charge in [0.1, 0.15) is 0 Å². The van der Waals surface area contributed by atoms with Gasteiger partial charge in [-0.15, -0.1) is 0 Å². The highest BCUT2D eigenvalue weighted by molar-refractivity contribution is 7.73. The van der Waals surface area contributed by atoms with Gasteiger partial charge in [-0.2, -0.15) is 0 Å². The molecule has 1 aromatic carbocycles. The molecule has 4 heteroatoms. The van der Waals surface area contributed by atoms with E-state index < -0.39 is 7.37 Å². The summed E-state index contributed by atoms with van der Waals surface area (Å²) in [6, 6.07) is 10.7. The Labute approximate surface area is 146 Å². The number of hydrogen-bond acceptors (Lipinski definition) is 3. The van der Waals surface area contributed by atoms with E-state index in [1.54, 1.807) is 0 Å². The maximum absolute atomic E-state index is 12.9. The Kier molecular flexibility index (Phi) is 7.25. The lowest BCUT2D eigenvalue weighted by Gasteiger charge is -2.38. The third kappa shape index (κ3) is 5.57. The topological polar surface area (TPSA) is 43.4 Å². The molecule has 24 heavy (non-hydrogen) atoms. The summed E-state index contributed by atoms with van der Waals surface area (Å²) in [4.78, 5) is 11.5. The summed E-state index contributed by atoms with van der Waals surface area (Å²) >= 11 is 0. The molecule has 1 aliphatic rings. The quantitative estimate of drug-likeness (QED) is 0.455. The van der Waals surface area contributed by atoms with Crippen molar-refractivity contribution in [3.8, 4) is 0 Å². The van der Waals surface area contributed by atoms with E-state index in [4.69, 9.17) is 4.52 Å². The molecule has 1 saturated carbocycles. The van der Waals surface area contributed by atoms with E-state index in [9.17, 15) is 9.36 Å². The van der Waals surface area contributed by atoms with E-state index in [1.165, 1.54) is 12.0 Å². The van der Waals surface area contributed by atoms with Crippen molar-refractivity contribution < 1.29 is 13.9 Å². The molecule has 3 nitrogen and oxygen atoms in total. The van der Waals surface area contributed by atoms with Crippen LogP contribution in [0, 0.1) is 17.8 Å². The molecule has 0 aromatic heterocycles. The van der Waals surface area contributed by atoms with Gasteiger partial charge < -0.3 is 4.52 Å². The van der Waals surface area contributed by atoms with Crippen LogP contribution in [0.5, 0.6) is 0 Å². The fourth-order valence-electron chi connectivity index (χ4n) is 3.74. The first-order valence-electron chi connectivity index (χ1n) is 9.21. The first kappa shape index (κ1) is 19.4. The van der Waals surface area contributed by atoms with Gasteiger partial charge >= 0.3 is 0 Å². The molecule has 0 radical (unpaired) electrons. The largest absolute Gasteiger partial charge is 0.320 e. The molecule has 134 valence electrons. The Balaban J connectivity index is 1.95. The van der Waals surface area contributed by atoms with Crippen LogP contribution in [0.4, 0.5) is 0 Å². The molecule has 0 saturated heterocycles. The zero-order valence-corrected chi connectivity index (χ0v) is 16.1. The first-order valence-corrected chi connectivity index (χ1v) is 11.1. The molecule has 0 amide bonds. The van der Waals surface area contributed by atoms with Crippen molar-refractivity contribution in [2.24, 2.45) is 17.8 Å². The number of aryl methyl sites for hydroxylation is 1. The summed E-state index contributed by atoms with van der Waals surface area (Å²) in [5.41, 5.74) is 1.21. The fourth-order valence-corrected chi connectivity index (χ4v) is 5.30. The maximum atomic E-state index is 12.9. The predicted molar refractivity (Wildman–Crippen MR) is 100 cm³/mol. The molecule has 0 N–H and O–H groups in total. The number of carbonyl (C=O) groups is 1. The van der Waals surface area contributed by atoms with Gasteiger partial charge in [-0.3, -0.25) is 9.36 Å². The average molecular weight is 350 g/mol. The molecule has 0 unspecified atom stereocenters. The second-order valence-electron chi connectivity index (χ2n) is 7.61. The Morgan fingerprint density at radius 1 is 1.25 bits per heavy atom. The summed E-state index contributed by atoms with van der Waals surface area (Å²) < 4.78 is 18.9. The number of rotatable bonds is 8.